The quantitative estimate of drug-likeness (QED) is 0.844. The first-order chi connectivity index (χ1) is 10.3. The molecule has 0 atom stereocenters. The lowest BCUT2D eigenvalue weighted by Gasteiger charge is -2.17. The molecule has 0 fully saturated rings. The molecule has 0 unspecified atom stereocenters. The number of nitrogens with one attached hydrogen (secondary N) is 1. The number of halogens is 3. The molecule has 0 radical (unpaired) electrons. The molecule has 0 saturated carbocycles. The van der Waals surface area contributed by atoms with E-state index in [1.165, 1.54) is 28.8 Å². The van der Waals surface area contributed by atoms with E-state index in [0.717, 1.165) is 6.07 Å². The number of alkyl halides is 3. The fraction of sp³-hybridized carbons (Fsp3) is 0.231. The van der Waals surface area contributed by atoms with Crippen molar-refractivity contribution < 1.29 is 17.9 Å². The zero-order chi connectivity index (χ0) is 16.3. The number of nitrogens with two attached hydrogens (primary N) is 1. The van der Waals surface area contributed by atoms with Gasteiger partial charge in [0.1, 0.15) is 5.75 Å². The third kappa shape index (κ3) is 3.74. The largest absolute Gasteiger partial charge is 0.573 e. The molecule has 118 valence electrons. The van der Waals surface area contributed by atoms with Crippen LogP contribution in [-0.2, 0) is 6.54 Å². The van der Waals surface area contributed by atoms with Crippen molar-refractivity contribution >= 4 is 12.2 Å². The van der Waals surface area contributed by atoms with Crippen LogP contribution >= 0.6 is 12.2 Å². The van der Waals surface area contributed by atoms with Crippen molar-refractivity contribution in [2.24, 2.45) is 5.73 Å². The van der Waals surface area contributed by atoms with Gasteiger partial charge in [0.25, 0.3) is 5.56 Å². The fourth-order valence-corrected chi connectivity index (χ4v) is 2.28. The van der Waals surface area contributed by atoms with Gasteiger partial charge in [-0.05, 0) is 24.4 Å². The molecule has 22 heavy (non-hydrogen) atoms. The first kappa shape index (κ1) is 16.2. The smallest absolute Gasteiger partial charge is 0.405 e. The van der Waals surface area contributed by atoms with Crippen LogP contribution in [0.3, 0.4) is 0 Å². The highest BCUT2D eigenvalue weighted by Crippen LogP contribution is 2.33. The maximum Gasteiger partial charge on any atom is 0.573 e. The molecule has 3 N–H and O–H groups in total. The SMILES string of the molecule is NCCn1c(-c2ccccc2OC(F)(F)F)cc(=O)[nH]c1=S. The normalized spacial score (nSPS) is 11.5. The number of ether oxygens (including phenoxy) is 1. The fourth-order valence-electron chi connectivity index (χ4n) is 1.99. The Morgan fingerprint density at radius 2 is 2.00 bits per heavy atom. The Kier molecular flexibility index (Phi) is 4.67. The average Bonchev–Trinajstić information content (AvgIpc) is 2.40. The number of hydrogen-bond donors (Lipinski definition) is 2. The second-order valence-electron chi connectivity index (χ2n) is 4.31. The van der Waals surface area contributed by atoms with E-state index in [9.17, 15) is 18.0 Å². The monoisotopic (exact) mass is 331 g/mol. The maximum atomic E-state index is 12.5. The zero-order valence-electron chi connectivity index (χ0n) is 11.2. The van der Waals surface area contributed by atoms with Crippen molar-refractivity contribution in [3.05, 3.63) is 45.5 Å². The van der Waals surface area contributed by atoms with Gasteiger partial charge in [-0.2, -0.15) is 0 Å². The lowest BCUT2D eigenvalue weighted by atomic mass is 10.1. The van der Waals surface area contributed by atoms with Gasteiger partial charge in [-0.1, -0.05) is 12.1 Å². The number of H-pyrrole nitrogens is 1. The summed E-state index contributed by atoms with van der Waals surface area (Å²) in [6, 6.07) is 6.68. The minimum absolute atomic E-state index is 0.0785. The topological polar surface area (TPSA) is 73.0 Å². The van der Waals surface area contributed by atoms with E-state index >= 15 is 0 Å². The highest BCUT2D eigenvalue weighted by Gasteiger charge is 2.32. The van der Waals surface area contributed by atoms with Crippen molar-refractivity contribution in [2.45, 2.75) is 12.9 Å². The highest BCUT2D eigenvalue weighted by molar-refractivity contribution is 7.71. The molecule has 0 aliphatic heterocycles. The molecule has 2 aromatic rings. The van der Waals surface area contributed by atoms with Crippen LogP contribution in [0.2, 0.25) is 0 Å². The molecule has 0 bridgehead atoms. The van der Waals surface area contributed by atoms with Gasteiger partial charge in [-0.15, -0.1) is 13.2 Å². The van der Waals surface area contributed by atoms with Crippen molar-refractivity contribution in [1.82, 2.24) is 9.55 Å². The molecule has 2 rings (SSSR count). The summed E-state index contributed by atoms with van der Waals surface area (Å²) in [4.78, 5) is 14.0. The minimum atomic E-state index is -4.84. The third-order valence-corrected chi connectivity index (χ3v) is 3.10. The first-order valence-electron chi connectivity index (χ1n) is 6.21. The molecule has 5 nitrogen and oxygen atoms in total. The van der Waals surface area contributed by atoms with Crippen LogP contribution < -0.4 is 16.0 Å². The second kappa shape index (κ2) is 6.32. The minimum Gasteiger partial charge on any atom is -0.405 e. The lowest BCUT2D eigenvalue weighted by molar-refractivity contribution is -0.274. The summed E-state index contributed by atoms with van der Waals surface area (Å²) in [6.07, 6.45) is -4.84. The van der Waals surface area contributed by atoms with Crippen LogP contribution in [0.4, 0.5) is 13.2 Å². The van der Waals surface area contributed by atoms with Crippen LogP contribution in [0.1, 0.15) is 0 Å². The summed E-state index contributed by atoms with van der Waals surface area (Å²) in [5, 5.41) is 0. The van der Waals surface area contributed by atoms with Gasteiger partial charge >= 0.3 is 6.36 Å². The van der Waals surface area contributed by atoms with Gasteiger partial charge in [0.05, 0.1) is 5.69 Å². The summed E-state index contributed by atoms with van der Waals surface area (Å²) >= 11 is 5.03. The Labute approximate surface area is 128 Å². The Morgan fingerprint density at radius 3 is 2.64 bits per heavy atom. The molecule has 0 amide bonds. The molecule has 9 heteroatoms. The van der Waals surface area contributed by atoms with Gasteiger partial charge in [0.15, 0.2) is 4.77 Å². The van der Waals surface area contributed by atoms with Crippen molar-refractivity contribution in [3.8, 4) is 17.0 Å². The molecule has 0 spiro atoms. The van der Waals surface area contributed by atoms with Gasteiger partial charge < -0.3 is 15.0 Å². The molecule has 1 aromatic heterocycles. The number of para-hydroxylation sites is 1. The van der Waals surface area contributed by atoms with Crippen molar-refractivity contribution in [3.63, 3.8) is 0 Å². The summed E-state index contributed by atoms with van der Waals surface area (Å²) in [6.45, 7) is 0.445. The zero-order valence-corrected chi connectivity index (χ0v) is 12.0. The van der Waals surface area contributed by atoms with Crippen LogP contribution in [-0.4, -0.2) is 22.5 Å². The summed E-state index contributed by atoms with van der Waals surface area (Å²) in [7, 11) is 0. The Hall–Kier alpha value is -2.13. The standard InChI is InChI=1S/C13H12F3N3O2S/c14-13(15,16)21-10-4-2-1-3-8(10)9-7-11(20)18-12(22)19(9)6-5-17/h1-4,7H,5-6,17H2,(H,18,20,22). The van der Waals surface area contributed by atoms with Crippen LogP contribution in [0.25, 0.3) is 11.3 Å². The van der Waals surface area contributed by atoms with E-state index in [1.807, 2.05) is 0 Å². The Morgan fingerprint density at radius 1 is 1.32 bits per heavy atom. The molecule has 0 aliphatic rings. The van der Waals surface area contributed by atoms with E-state index < -0.39 is 17.7 Å². The molecule has 1 heterocycles. The van der Waals surface area contributed by atoms with Gasteiger partial charge in [0.2, 0.25) is 0 Å². The molecular formula is C13H12F3N3O2S. The van der Waals surface area contributed by atoms with E-state index in [-0.39, 0.29) is 29.1 Å². The summed E-state index contributed by atoms with van der Waals surface area (Å²) in [5.41, 5.74) is 5.28. The predicted octanol–water partition coefficient (Wildman–Crippen LogP) is 2.43. The van der Waals surface area contributed by atoms with E-state index in [1.54, 1.807) is 0 Å². The number of hydrogen-bond acceptors (Lipinski definition) is 4. The highest BCUT2D eigenvalue weighted by atomic mass is 32.1. The van der Waals surface area contributed by atoms with E-state index in [2.05, 4.69) is 9.72 Å². The van der Waals surface area contributed by atoms with Gasteiger partial charge in [0, 0.05) is 24.7 Å². The molecular weight excluding hydrogens is 319 g/mol. The summed E-state index contributed by atoms with van der Waals surface area (Å²) in [5.74, 6) is -0.416. The molecule has 1 aromatic carbocycles. The number of aromatic nitrogens is 2. The van der Waals surface area contributed by atoms with Crippen LogP contribution in [0.5, 0.6) is 5.75 Å². The van der Waals surface area contributed by atoms with Crippen LogP contribution in [0, 0.1) is 4.77 Å². The number of aromatic amines is 1. The summed E-state index contributed by atoms with van der Waals surface area (Å²) < 4.78 is 43.1. The number of nitrogens with zero attached hydrogens (tertiary/aromatic N) is 1. The van der Waals surface area contributed by atoms with Gasteiger partial charge in [-0.25, -0.2) is 0 Å². The van der Waals surface area contributed by atoms with Gasteiger partial charge in [-0.3, -0.25) is 9.78 Å². The number of benzene rings is 1. The second-order valence-corrected chi connectivity index (χ2v) is 4.69. The molecule has 0 aliphatic carbocycles. The van der Waals surface area contributed by atoms with E-state index in [0.29, 0.717) is 0 Å². The Bertz CT molecular complexity index is 783. The maximum absolute atomic E-state index is 12.5. The molecule has 0 saturated heterocycles. The van der Waals surface area contributed by atoms with Crippen molar-refractivity contribution in [2.75, 3.05) is 6.54 Å². The van der Waals surface area contributed by atoms with E-state index in [4.69, 9.17) is 18.0 Å². The van der Waals surface area contributed by atoms with Crippen molar-refractivity contribution in [1.29, 1.82) is 0 Å². The Balaban J connectivity index is 2.67. The predicted molar refractivity (Wildman–Crippen MR) is 77.1 cm³/mol. The average molecular weight is 331 g/mol. The lowest BCUT2D eigenvalue weighted by Crippen LogP contribution is -2.20. The number of rotatable bonds is 4. The third-order valence-electron chi connectivity index (χ3n) is 2.78. The first-order valence-corrected chi connectivity index (χ1v) is 6.62. The van der Waals surface area contributed by atoms with Crippen LogP contribution in [0.15, 0.2) is 35.1 Å².